The van der Waals surface area contributed by atoms with Crippen molar-refractivity contribution in [3.05, 3.63) is 59.2 Å². The lowest BCUT2D eigenvalue weighted by Crippen LogP contribution is -2.49. The van der Waals surface area contributed by atoms with Gasteiger partial charge in [-0.1, -0.05) is 29.8 Å². The number of piperazine rings is 1. The van der Waals surface area contributed by atoms with E-state index in [1.54, 1.807) is 6.07 Å². The normalized spacial score (nSPS) is 15.0. The second-order valence-corrected chi connectivity index (χ2v) is 6.10. The van der Waals surface area contributed by atoms with E-state index in [9.17, 15) is 4.79 Å². The number of carbonyl (C=O) groups is 1. The van der Waals surface area contributed by atoms with Gasteiger partial charge >= 0.3 is 0 Å². The molecule has 0 atom stereocenters. The molecule has 4 rings (SSSR count). The molecule has 1 fully saturated rings. The van der Waals surface area contributed by atoms with Crippen LogP contribution in [0.1, 0.15) is 10.4 Å². The molecule has 1 amide bonds. The summed E-state index contributed by atoms with van der Waals surface area (Å²) in [4.78, 5) is 16.5. The molecule has 0 radical (unpaired) electrons. The van der Waals surface area contributed by atoms with Gasteiger partial charge in [-0.2, -0.15) is 0 Å². The number of fused-ring (bicyclic) bond motifs is 1. The molecule has 1 aromatic carbocycles. The van der Waals surface area contributed by atoms with Crippen LogP contribution < -0.4 is 4.90 Å². The number of hydrogen-bond donors (Lipinski definition) is 0. The third-order valence-corrected chi connectivity index (χ3v) is 4.53. The Hall–Kier alpha value is -2.60. The number of nitrogens with zero attached hydrogens (tertiary/aromatic N) is 5. The summed E-state index contributed by atoms with van der Waals surface area (Å²) in [7, 11) is 0. The minimum absolute atomic E-state index is 0.0735. The number of anilines is 1. The minimum atomic E-state index is 0.0735. The average Bonchev–Trinajstić information content (AvgIpc) is 3.07. The Morgan fingerprint density at radius 2 is 1.71 bits per heavy atom. The summed E-state index contributed by atoms with van der Waals surface area (Å²) < 4.78 is 1.89. The topological polar surface area (TPSA) is 53.7 Å². The van der Waals surface area contributed by atoms with E-state index in [0.717, 1.165) is 11.5 Å². The number of pyridine rings is 1. The molecule has 0 spiro atoms. The van der Waals surface area contributed by atoms with Crippen molar-refractivity contribution in [2.75, 3.05) is 31.1 Å². The fourth-order valence-corrected chi connectivity index (χ4v) is 3.16. The predicted molar refractivity (Wildman–Crippen MR) is 92.6 cm³/mol. The average molecular weight is 342 g/mol. The van der Waals surface area contributed by atoms with Gasteiger partial charge in [0.25, 0.3) is 5.91 Å². The summed E-state index contributed by atoms with van der Waals surface area (Å²) in [5.74, 6) is 0.837. The van der Waals surface area contributed by atoms with Crippen LogP contribution in [0.25, 0.3) is 5.65 Å². The van der Waals surface area contributed by atoms with Crippen molar-refractivity contribution in [2.24, 2.45) is 0 Å². The molecule has 0 saturated carbocycles. The molecule has 3 heterocycles. The smallest absolute Gasteiger partial charge is 0.253 e. The van der Waals surface area contributed by atoms with E-state index >= 15 is 0 Å². The fourth-order valence-electron chi connectivity index (χ4n) is 2.96. The minimum Gasteiger partial charge on any atom is -0.337 e. The number of rotatable bonds is 2. The zero-order valence-corrected chi connectivity index (χ0v) is 13.7. The summed E-state index contributed by atoms with van der Waals surface area (Å²) in [6.45, 7) is 2.74. The van der Waals surface area contributed by atoms with Gasteiger partial charge in [0, 0.05) is 37.9 Å². The van der Waals surface area contributed by atoms with Crippen LogP contribution in [0.3, 0.4) is 0 Å². The summed E-state index contributed by atoms with van der Waals surface area (Å²) in [5.41, 5.74) is 1.38. The van der Waals surface area contributed by atoms with Gasteiger partial charge in [-0.15, -0.1) is 10.2 Å². The molecule has 1 aliphatic rings. The SMILES string of the molecule is O=C(c1ccccc1)N1CCN(c2nnc3c(Cl)cccn23)CC1. The Balaban J connectivity index is 1.50. The maximum atomic E-state index is 12.5. The van der Waals surface area contributed by atoms with Crippen LogP contribution in [0, 0.1) is 0 Å². The second-order valence-electron chi connectivity index (χ2n) is 5.70. The summed E-state index contributed by atoms with van der Waals surface area (Å²) >= 11 is 6.15. The van der Waals surface area contributed by atoms with Crippen molar-refractivity contribution >= 4 is 29.1 Å². The van der Waals surface area contributed by atoms with Crippen molar-refractivity contribution in [3.63, 3.8) is 0 Å². The Morgan fingerprint density at radius 3 is 2.46 bits per heavy atom. The zero-order valence-electron chi connectivity index (χ0n) is 13.0. The van der Waals surface area contributed by atoms with Crippen LogP contribution in [-0.4, -0.2) is 51.6 Å². The van der Waals surface area contributed by atoms with Crippen molar-refractivity contribution < 1.29 is 4.79 Å². The van der Waals surface area contributed by atoms with Crippen molar-refractivity contribution in [1.29, 1.82) is 0 Å². The molecule has 6 nitrogen and oxygen atoms in total. The van der Waals surface area contributed by atoms with Crippen molar-refractivity contribution in [2.45, 2.75) is 0 Å². The molecule has 7 heteroatoms. The van der Waals surface area contributed by atoms with Gasteiger partial charge in [0.15, 0.2) is 5.65 Å². The number of carbonyl (C=O) groups excluding carboxylic acids is 1. The van der Waals surface area contributed by atoms with Crippen molar-refractivity contribution in [3.8, 4) is 0 Å². The monoisotopic (exact) mass is 341 g/mol. The highest BCUT2D eigenvalue weighted by Crippen LogP contribution is 2.21. The van der Waals surface area contributed by atoms with Crippen LogP contribution in [0.2, 0.25) is 5.02 Å². The van der Waals surface area contributed by atoms with E-state index in [1.165, 1.54) is 0 Å². The Morgan fingerprint density at radius 1 is 0.958 bits per heavy atom. The lowest BCUT2D eigenvalue weighted by Gasteiger charge is -2.34. The standard InChI is InChI=1S/C17H16ClN5O/c18-14-7-4-8-23-15(14)19-20-17(23)22-11-9-21(10-12-22)16(24)13-5-2-1-3-6-13/h1-8H,9-12H2. The van der Waals surface area contributed by atoms with Crippen LogP contribution >= 0.6 is 11.6 Å². The first-order valence-corrected chi connectivity index (χ1v) is 8.20. The molecule has 1 aliphatic heterocycles. The van der Waals surface area contributed by atoms with Gasteiger partial charge in [-0.3, -0.25) is 9.20 Å². The Labute approximate surface area is 144 Å². The van der Waals surface area contributed by atoms with Gasteiger partial charge in [0.05, 0.1) is 5.02 Å². The lowest BCUT2D eigenvalue weighted by molar-refractivity contribution is 0.0746. The number of halogens is 1. The number of benzene rings is 1. The van der Waals surface area contributed by atoms with Crippen LogP contribution in [0.15, 0.2) is 48.7 Å². The third-order valence-electron chi connectivity index (χ3n) is 4.24. The number of aromatic nitrogens is 3. The first kappa shape index (κ1) is 15.0. The summed E-state index contributed by atoms with van der Waals surface area (Å²) in [6, 6.07) is 13.1. The van der Waals surface area contributed by atoms with E-state index in [1.807, 2.05) is 51.9 Å². The maximum absolute atomic E-state index is 12.5. The highest BCUT2D eigenvalue weighted by atomic mass is 35.5. The first-order chi connectivity index (χ1) is 11.7. The van der Waals surface area contributed by atoms with E-state index in [0.29, 0.717) is 36.8 Å². The first-order valence-electron chi connectivity index (χ1n) is 7.82. The predicted octanol–water partition coefficient (Wildman–Crippen LogP) is 2.35. The molecule has 1 saturated heterocycles. The van der Waals surface area contributed by atoms with Crippen molar-refractivity contribution in [1.82, 2.24) is 19.5 Å². The van der Waals surface area contributed by atoms with Gasteiger partial charge in [-0.05, 0) is 24.3 Å². The molecular formula is C17H16ClN5O. The molecule has 122 valence electrons. The molecule has 0 unspecified atom stereocenters. The maximum Gasteiger partial charge on any atom is 0.253 e. The van der Waals surface area contributed by atoms with Crippen LogP contribution in [-0.2, 0) is 0 Å². The summed E-state index contributed by atoms with van der Waals surface area (Å²) in [5, 5.41) is 8.99. The van der Waals surface area contributed by atoms with E-state index in [4.69, 9.17) is 11.6 Å². The highest BCUT2D eigenvalue weighted by Gasteiger charge is 2.24. The molecule has 3 aromatic rings. The highest BCUT2D eigenvalue weighted by molar-refractivity contribution is 6.33. The molecule has 0 bridgehead atoms. The molecule has 2 aromatic heterocycles. The van der Waals surface area contributed by atoms with Gasteiger partial charge < -0.3 is 9.80 Å². The van der Waals surface area contributed by atoms with E-state index < -0.39 is 0 Å². The molecule has 0 aliphatic carbocycles. The second kappa shape index (κ2) is 6.13. The number of amides is 1. The van der Waals surface area contributed by atoms with Gasteiger partial charge in [-0.25, -0.2) is 0 Å². The summed E-state index contributed by atoms with van der Waals surface area (Å²) in [6.07, 6.45) is 1.90. The Bertz CT molecular complexity index is 871. The van der Waals surface area contributed by atoms with Gasteiger partial charge in [0.1, 0.15) is 0 Å². The lowest BCUT2D eigenvalue weighted by atomic mass is 10.2. The van der Waals surface area contributed by atoms with Crippen LogP contribution in [0.5, 0.6) is 0 Å². The molecule has 24 heavy (non-hydrogen) atoms. The Kier molecular flexibility index (Phi) is 3.82. The van der Waals surface area contributed by atoms with Gasteiger partial charge in [0.2, 0.25) is 5.95 Å². The zero-order chi connectivity index (χ0) is 16.5. The van der Waals surface area contributed by atoms with E-state index in [-0.39, 0.29) is 5.91 Å². The quantitative estimate of drug-likeness (QED) is 0.718. The fraction of sp³-hybridized carbons (Fsp3) is 0.235. The molecular weight excluding hydrogens is 326 g/mol. The number of hydrogen-bond acceptors (Lipinski definition) is 4. The largest absolute Gasteiger partial charge is 0.337 e. The van der Waals surface area contributed by atoms with E-state index in [2.05, 4.69) is 15.1 Å². The van der Waals surface area contributed by atoms with Crippen LogP contribution in [0.4, 0.5) is 5.95 Å². The molecule has 0 N–H and O–H groups in total. The third kappa shape index (κ3) is 2.59.